The van der Waals surface area contributed by atoms with Gasteiger partial charge in [-0.3, -0.25) is 38.8 Å². The van der Waals surface area contributed by atoms with Gasteiger partial charge in [-0.2, -0.15) is 0 Å². The van der Waals surface area contributed by atoms with Crippen LogP contribution < -0.4 is 0 Å². The molecule has 2 rings (SSSR count). The Hall–Kier alpha value is -1.80. The van der Waals surface area contributed by atoms with Crippen LogP contribution in [0.4, 0.5) is 0 Å². The minimum atomic E-state index is -0.235. The van der Waals surface area contributed by atoms with Crippen molar-refractivity contribution in [1.82, 2.24) is 19.6 Å². The predicted octanol–water partition coefficient (Wildman–Crippen LogP) is -1.64. The van der Waals surface area contributed by atoms with Crippen LogP contribution in [0, 0.1) is 0 Å². The van der Waals surface area contributed by atoms with Crippen molar-refractivity contribution >= 4 is 23.6 Å². The molecule has 2 fully saturated rings. The maximum Gasteiger partial charge on any atom is 0.243 e. The number of piperazine rings is 2. The number of amides is 4. The minimum absolute atomic E-state index is 0.120. The van der Waals surface area contributed by atoms with Gasteiger partial charge in [0.15, 0.2) is 0 Å². The van der Waals surface area contributed by atoms with E-state index < -0.39 is 0 Å². The lowest BCUT2D eigenvalue weighted by molar-refractivity contribution is -0.155. The van der Waals surface area contributed by atoms with Gasteiger partial charge < -0.3 is 0 Å². The van der Waals surface area contributed by atoms with Crippen molar-refractivity contribution < 1.29 is 19.2 Å². The molecule has 0 aromatic carbocycles. The summed E-state index contributed by atoms with van der Waals surface area (Å²) >= 11 is 0. The highest BCUT2D eigenvalue weighted by molar-refractivity contribution is 5.99. The molecule has 0 bridgehead atoms. The van der Waals surface area contributed by atoms with Crippen molar-refractivity contribution in [3.05, 3.63) is 0 Å². The number of hydrogen-bond acceptors (Lipinski definition) is 6. The lowest BCUT2D eigenvalue weighted by Gasteiger charge is -2.42. The molecule has 0 unspecified atom stereocenters. The first-order chi connectivity index (χ1) is 10.2. The molecule has 0 aliphatic carbocycles. The molecule has 0 N–H and O–H groups in total. The second-order valence-corrected chi connectivity index (χ2v) is 5.98. The zero-order valence-corrected chi connectivity index (χ0v) is 13.4. The van der Waals surface area contributed by atoms with Crippen molar-refractivity contribution in [1.29, 1.82) is 0 Å². The van der Waals surface area contributed by atoms with Crippen molar-refractivity contribution in [2.45, 2.75) is 25.9 Å². The minimum Gasteiger partial charge on any atom is -0.284 e. The molecule has 0 saturated carbocycles. The van der Waals surface area contributed by atoms with Crippen molar-refractivity contribution in [2.75, 3.05) is 40.3 Å². The van der Waals surface area contributed by atoms with Gasteiger partial charge in [0.2, 0.25) is 23.6 Å². The van der Waals surface area contributed by atoms with Gasteiger partial charge in [0, 0.05) is 26.2 Å². The molecule has 0 aromatic rings. The molecule has 0 aromatic heterocycles. The molecule has 122 valence electrons. The Kier molecular flexibility index (Phi) is 4.62. The first kappa shape index (κ1) is 16.6. The summed E-state index contributed by atoms with van der Waals surface area (Å²) in [6.07, 6.45) is 0. The zero-order valence-electron chi connectivity index (χ0n) is 13.4. The molecular weight excluding hydrogens is 288 g/mol. The van der Waals surface area contributed by atoms with Crippen LogP contribution in [0.1, 0.15) is 13.8 Å². The van der Waals surface area contributed by atoms with Crippen molar-refractivity contribution in [3.63, 3.8) is 0 Å². The number of likely N-dealkylation sites (N-methyl/N-ethyl adjacent to an activating group) is 2. The Bertz CT molecular complexity index is 439. The number of nitrogens with zero attached hydrogens (tertiary/aromatic N) is 4. The van der Waals surface area contributed by atoms with Crippen LogP contribution in [-0.4, -0.2) is 95.6 Å². The monoisotopic (exact) mass is 310 g/mol. The Morgan fingerprint density at radius 2 is 0.864 bits per heavy atom. The first-order valence-corrected chi connectivity index (χ1v) is 7.29. The summed E-state index contributed by atoms with van der Waals surface area (Å²) in [6, 6.07) is -0.240. The van der Waals surface area contributed by atoms with Gasteiger partial charge in [0.05, 0.1) is 26.2 Å². The molecule has 2 atom stereocenters. The summed E-state index contributed by atoms with van der Waals surface area (Å²) < 4.78 is 0. The summed E-state index contributed by atoms with van der Waals surface area (Å²) in [5, 5.41) is 0. The van der Waals surface area contributed by atoms with Gasteiger partial charge in [0.25, 0.3) is 0 Å². The van der Waals surface area contributed by atoms with Gasteiger partial charge >= 0.3 is 0 Å². The zero-order chi connectivity index (χ0) is 16.6. The molecule has 2 aliphatic heterocycles. The highest BCUT2D eigenvalue weighted by atomic mass is 16.2. The van der Waals surface area contributed by atoms with Gasteiger partial charge in [-0.1, -0.05) is 0 Å². The van der Waals surface area contributed by atoms with E-state index in [2.05, 4.69) is 0 Å². The molecule has 2 saturated heterocycles. The Morgan fingerprint density at radius 3 is 1.09 bits per heavy atom. The lowest BCUT2D eigenvalue weighted by atomic mass is 10.1. The third-order valence-corrected chi connectivity index (χ3v) is 4.70. The second-order valence-electron chi connectivity index (χ2n) is 5.98. The highest BCUT2D eigenvalue weighted by Crippen LogP contribution is 2.16. The Morgan fingerprint density at radius 1 is 0.636 bits per heavy atom. The van der Waals surface area contributed by atoms with E-state index in [1.54, 1.807) is 9.80 Å². The van der Waals surface area contributed by atoms with Crippen LogP contribution in [0.2, 0.25) is 0 Å². The lowest BCUT2D eigenvalue weighted by Crippen LogP contribution is -2.62. The van der Waals surface area contributed by atoms with Crippen LogP contribution in [0.3, 0.4) is 0 Å². The van der Waals surface area contributed by atoms with Gasteiger partial charge in [-0.25, -0.2) is 0 Å². The maximum atomic E-state index is 11.8. The van der Waals surface area contributed by atoms with E-state index in [4.69, 9.17) is 0 Å². The average Bonchev–Trinajstić information content (AvgIpc) is 2.47. The van der Waals surface area contributed by atoms with Crippen LogP contribution >= 0.6 is 0 Å². The smallest absolute Gasteiger partial charge is 0.243 e. The summed E-state index contributed by atoms with van der Waals surface area (Å²) in [4.78, 5) is 53.1. The SMILES string of the molecule is C[C@H]([C@H](C)N1CC(=O)N(C)C(=O)C1)N1CC(=O)N(C)C(=O)C1. The van der Waals surface area contributed by atoms with Crippen LogP contribution in [-0.2, 0) is 19.2 Å². The second kappa shape index (κ2) is 6.13. The molecule has 8 nitrogen and oxygen atoms in total. The number of hydrogen-bond donors (Lipinski definition) is 0. The first-order valence-electron chi connectivity index (χ1n) is 7.29. The van der Waals surface area contributed by atoms with E-state index in [1.165, 1.54) is 14.1 Å². The average molecular weight is 310 g/mol. The summed E-state index contributed by atoms with van der Waals surface area (Å²) in [7, 11) is 2.96. The Balaban J connectivity index is 2.04. The number of carbonyl (C=O) groups is 4. The summed E-state index contributed by atoms with van der Waals surface area (Å²) in [5.74, 6) is -0.941. The van der Waals surface area contributed by atoms with E-state index in [9.17, 15) is 19.2 Å². The standard InChI is InChI=1S/C14H22N4O4/c1-9(17-5-11(19)15(3)12(20)6-17)10(2)18-7-13(21)16(4)14(22)8-18/h9-10H,5-8H2,1-4H3/t9-,10+. The fourth-order valence-electron chi connectivity index (χ4n) is 2.70. The molecular formula is C14H22N4O4. The number of imide groups is 2. The van der Waals surface area contributed by atoms with Crippen LogP contribution in [0.25, 0.3) is 0 Å². The largest absolute Gasteiger partial charge is 0.284 e. The van der Waals surface area contributed by atoms with Gasteiger partial charge in [0.1, 0.15) is 0 Å². The maximum absolute atomic E-state index is 11.8. The predicted molar refractivity (Wildman–Crippen MR) is 77.6 cm³/mol. The third kappa shape index (κ3) is 3.02. The van der Waals surface area contributed by atoms with Crippen molar-refractivity contribution in [3.8, 4) is 0 Å². The van der Waals surface area contributed by atoms with Gasteiger partial charge in [-0.15, -0.1) is 0 Å². The van der Waals surface area contributed by atoms with E-state index in [-0.39, 0.29) is 61.9 Å². The molecule has 0 radical (unpaired) electrons. The molecule has 2 aliphatic rings. The van der Waals surface area contributed by atoms with Crippen molar-refractivity contribution in [2.24, 2.45) is 0 Å². The molecule has 22 heavy (non-hydrogen) atoms. The molecule has 2 heterocycles. The van der Waals surface area contributed by atoms with E-state index in [0.717, 1.165) is 9.80 Å². The fourth-order valence-corrected chi connectivity index (χ4v) is 2.70. The van der Waals surface area contributed by atoms with E-state index in [1.807, 2.05) is 13.8 Å². The molecule has 4 amide bonds. The van der Waals surface area contributed by atoms with Crippen LogP contribution in [0.5, 0.6) is 0 Å². The fraction of sp³-hybridized carbons (Fsp3) is 0.714. The molecule has 8 heteroatoms. The van der Waals surface area contributed by atoms with Gasteiger partial charge in [-0.05, 0) is 13.8 Å². The number of rotatable bonds is 3. The Labute approximate surface area is 129 Å². The van der Waals surface area contributed by atoms with E-state index in [0.29, 0.717) is 0 Å². The summed E-state index contributed by atoms with van der Waals surface area (Å²) in [5.41, 5.74) is 0. The summed E-state index contributed by atoms with van der Waals surface area (Å²) in [6.45, 7) is 4.49. The topological polar surface area (TPSA) is 81.2 Å². The normalized spacial score (nSPS) is 24.9. The highest BCUT2D eigenvalue weighted by Gasteiger charge is 2.37. The van der Waals surface area contributed by atoms with E-state index >= 15 is 0 Å². The quantitative estimate of drug-likeness (QED) is 0.582. The van der Waals surface area contributed by atoms with Crippen LogP contribution in [0.15, 0.2) is 0 Å². The molecule has 0 spiro atoms. The number of carbonyl (C=O) groups excluding carboxylic acids is 4. The third-order valence-electron chi connectivity index (χ3n) is 4.70.